The lowest BCUT2D eigenvalue weighted by molar-refractivity contribution is 0.972. The van der Waals surface area contributed by atoms with E-state index in [4.69, 9.17) is 0 Å². The molecule has 40 heavy (non-hydrogen) atoms. The predicted molar refractivity (Wildman–Crippen MR) is 195 cm³/mol. The first-order chi connectivity index (χ1) is 19.3. The zero-order valence-electron chi connectivity index (χ0n) is 28.4. The number of thioether (sulfide) groups is 1. The van der Waals surface area contributed by atoms with Crippen molar-refractivity contribution in [2.75, 3.05) is 0 Å². The van der Waals surface area contributed by atoms with Gasteiger partial charge in [0.05, 0.1) is 0 Å². The van der Waals surface area contributed by atoms with Gasteiger partial charge in [0.15, 0.2) is 0 Å². The van der Waals surface area contributed by atoms with E-state index in [-0.39, 0.29) is 0 Å². The molecule has 0 saturated heterocycles. The molecule has 0 amide bonds. The molecule has 0 bridgehead atoms. The summed E-state index contributed by atoms with van der Waals surface area (Å²) in [4.78, 5) is 2.40. The average Bonchev–Trinajstić information content (AvgIpc) is 2.96. The van der Waals surface area contributed by atoms with Gasteiger partial charge in [0.1, 0.15) is 0 Å². The summed E-state index contributed by atoms with van der Waals surface area (Å²) in [5.74, 6) is 0. The van der Waals surface area contributed by atoms with Crippen LogP contribution in [0.15, 0.2) is 142 Å². The molecule has 0 radical (unpaired) electrons. The highest BCUT2D eigenvalue weighted by atomic mass is 32.2. The van der Waals surface area contributed by atoms with Crippen LogP contribution in [-0.4, -0.2) is 0 Å². The van der Waals surface area contributed by atoms with Crippen molar-refractivity contribution >= 4 is 11.8 Å². The fourth-order valence-electron chi connectivity index (χ4n) is 2.99. The van der Waals surface area contributed by atoms with Crippen molar-refractivity contribution in [3.63, 3.8) is 0 Å². The molecule has 0 fully saturated rings. The molecule has 0 unspecified atom stereocenters. The van der Waals surface area contributed by atoms with Crippen molar-refractivity contribution < 1.29 is 0 Å². The van der Waals surface area contributed by atoms with Crippen LogP contribution in [0.3, 0.4) is 0 Å². The van der Waals surface area contributed by atoms with E-state index in [1.807, 2.05) is 106 Å². The summed E-state index contributed by atoms with van der Waals surface area (Å²) in [5, 5.41) is 0. The fraction of sp³-hybridized carbons (Fsp3) is 0.385. The molecule has 1 heteroatoms. The first-order valence-electron chi connectivity index (χ1n) is 14.9. The number of rotatable bonds is 9. The maximum absolute atomic E-state index is 4.17. The van der Waals surface area contributed by atoms with Crippen LogP contribution < -0.4 is 0 Å². The van der Waals surface area contributed by atoms with Gasteiger partial charge in [-0.05, 0) is 90.2 Å². The van der Waals surface area contributed by atoms with Gasteiger partial charge in [-0.1, -0.05) is 157 Å². The Hall–Kier alpha value is -2.77. The van der Waals surface area contributed by atoms with Gasteiger partial charge >= 0.3 is 0 Å². The predicted octanol–water partition coefficient (Wildman–Crippen LogP) is 14.2. The van der Waals surface area contributed by atoms with Crippen LogP contribution in [0.5, 0.6) is 0 Å². The van der Waals surface area contributed by atoms with Crippen LogP contribution in [0.25, 0.3) is 0 Å². The Morgan fingerprint density at radius 3 is 1.68 bits per heavy atom. The van der Waals surface area contributed by atoms with Crippen molar-refractivity contribution in [3.8, 4) is 0 Å². The zero-order chi connectivity index (χ0) is 31.8. The second-order valence-electron chi connectivity index (χ2n) is 8.09. The summed E-state index contributed by atoms with van der Waals surface area (Å²) in [6, 6.07) is 0. The topological polar surface area (TPSA) is 0 Å². The zero-order valence-corrected chi connectivity index (χ0v) is 29.2. The summed E-state index contributed by atoms with van der Waals surface area (Å²) in [7, 11) is 0. The third-order valence-corrected chi connectivity index (χ3v) is 5.73. The van der Waals surface area contributed by atoms with Crippen molar-refractivity contribution in [2.45, 2.75) is 103 Å². The minimum absolute atomic E-state index is 0.998. The summed E-state index contributed by atoms with van der Waals surface area (Å²) in [6.45, 7) is 34.4. The van der Waals surface area contributed by atoms with E-state index in [9.17, 15) is 0 Å². The third kappa shape index (κ3) is 25.5. The molecule has 0 aromatic carbocycles. The molecule has 0 aromatic heterocycles. The van der Waals surface area contributed by atoms with Gasteiger partial charge in [-0.15, -0.1) is 0 Å². The highest BCUT2D eigenvalue weighted by Crippen LogP contribution is 2.33. The summed E-state index contributed by atoms with van der Waals surface area (Å²) in [6.07, 6.45) is 33.1. The van der Waals surface area contributed by atoms with Crippen molar-refractivity contribution in [1.29, 1.82) is 0 Å². The summed E-state index contributed by atoms with van der Waals surface area (Å²) >= 11 is 1.73. The van der Waals surface area contributed by atoms with Gasteiger partial charge in [-0.25, -0.2) is 0 Å². The lowest BCUT2D eigenvalue weighted by atomic mass is 9.85. The SMILES string of the molecule is C=C/C=C(\C=C/C)SC(/C=C\C)=C/C=C/C.C=C1CC(C)=C(/C=C\C=C(C)C)C/C1=C/C=C\C.CC.CC.CC. The van der Waals surface area contributed by atoms with Crippen LogP contribution >= 0.6 is 11.8 Å². The lowest BCUT2D eigenvalue weighted by Gasteiger charge is -2.20. The monoisotopic (exact) mass is 562 g/mol. The van der Waals surface area contributed by atoms with Gasteiger partial charge in [0.25, 0.3) is 0 Å². The molecule has 1 aliphatic carbocycles. The molecule has 1 rings (SSSR count). The molecule has 0 atom stereocenters. The standard InChI is InChI=1S/C18H24.C15H20S.3C2H6/c1-6-7-10-17-13-18(11-8-9-14(2)3)16(5)12-15(17)4;1-5-9-13-15(12-8-4)16-14(10-6-2)11-7-3;3*1-2/h6-11H,4,12-13H2,1-3,5H3;5-13H,2H2,1,3-4H3;3*1-2H3/b7-6-,11-8-,17-10-;9-5+,11-7-,12-8-,14-10+,15-13+;;;. The number of hydrogen-bond donors (Lipinski definition) is 0. The van der Waals surface area contributed by atoms with E-state index in [0.717, 1.165) is 12.8 Å². The molecule has 224 valence electrons. The van der Waals surface area contributed by atoms with Crippen LogP contribution in [0.4, 0.5) is 0 Å². The van der Waals surface area contributed by atoms with Gasteiger partial charge in [-0.3, -0.25) is 0 Å². The van der Waals surface area contributed by atoms with Crippen LogP contribution in [0.2, 0.25) is 0 Å². The molecular formula is C39H62S. The van der Waals surface area contributed by atoms with Crippen molar-refractivity contribution in [2.24, 2.45) is 0 Å². The Morgan fingerprint density at radius 1 is 0.700 bits per heavy atom. The maximum atomic E-state index is 4.17. The molecule has 0 spiro atoms. The molecule has 0 saturated carbocycles. The quantitative estimate of drug-likeness (QED) is 0.252. The molecule has 1 aliphatic rings. The Bertz CT molecular complexity index is 956. The fourth-order valence-corrected chi connectivity index (χ4v) is 3.99. The van der Waals surface area contributed by atoms with Gasteiger partial charge in [0.2, 0.25) is 0 Å². The van der Waals surface area contributed by atoms with Crippen molar-refractivity contribution in [3.05, 3.63) is 142 Å². The smallest absolute Gasteiger partial charge is 0.0118 e. The van der Waals surface area contributed by atoms with Gasteiger partial charge in [0, 0.05) is 9.81 Å². The summed E-state index contributed by atoms with van der Waals surface area (Å²) in [5.41, 5.74) is 6.81. The van der Waals surface area contributed by atoms with E-state index < -0.39 is 0 Å². The van der Waals surface area contributed by atoms with Crippen LogP contribution in [-0.2, 0) is 0 Å². The average molecular weight is 563 g/mol. The van der Waals surface area contributed by atoms with Gasteiger partial charge in [-0.2, -0.15) is 0 Å². The number of allylic oxidation sites excluding steroid dienone is 20. The Kier molecular flexibility index (Phi) is 37.9. The minimum Gasteiger partial charge on any atom is -0.0990 e. The first kappa shape index (κ1) is 44.3. The minimum atomic E-state index is 0.998. The largest absolute Gasteiger partial charge is 0.0990 e. The molecular weight excluding hydrogens is 500 g/mol. The van der Waals surface area contributed by atoms with E-state index in [0.29, 0.717) is 0 Å². The summed E-state index contributed by atoms with van der Waals surface area (Å²) < 4.78 is 0. The maximum Gasteiger partial charge on any atom is 0.0118 e. The molecule has 0 heterocycles. The van der Waals surface area contributed by atoms with E-state index in [2.05, 4.69) is 88.6 Å². The van der Waals surface area contributed by atoms with Crippen LogP contribution in [0, 0.1) is 0 Å². The Labute approximate surface area is 255 Å². The van der Waals surface area contributed by atoms with Crippen LogP contribution in [0.1, 0.15) is 103 Å². The Balaban J connectivity index is -0.000000274. The second kappa shape index (κ2) is 34.3. The highest BCUT2D eigenvalue weighted by molar-refractivity contribution is 8.07. The van der Waals surface area contributed by atoms with Gasteiger partial charge < -0.3 is 0 Å². The van der Waals surface area contributed by atoms with Crippen molar-refractivity contribution in [1.82, 2.24) is 0 Å². The molecule has 0 aromatic rings. The third-order valence-electron chi connectivity index (χ3n) is 4.71. The molecule has 0 nitrogen and oxygen atoms in total. The van der Waals surface area contributed by atoms with E-state index in [1.54, 1.807) is 11.8 Å². The highest BCUT2D eigenvalue weighted by Gasteiger charge is 2.13. The second-order valence-corrected chi connectivity index (χ2v) is 9.23. The molecule has 0 N–H and O–H groups in total. The Morgan fingerprint density at radius 2 is 1.23 bits per heavy atom. The molecule has 0 aliphatic heterocycles. The first-order valence-corrected chi connectivity index (χ1v) is 15.7. The van der Waals surface area contributed by atoms with E-state index >= 15 is 0 Å². The van der Waals surface area contributed by atoms with E-state index in [1.165, 1.54) is 37.7 Å². The lowest BCUT2D eigenvalue weighted by Crippen LogP contribution is -2.01. The number of hydrogen-bond acceptors (Lipinski definition) is 1. The normalized spacial score (nSPS) is 14.9.